The highest BCUT2D eigenvalue weighted by molar-refractivity contribution is 7.78. The lowest BCUT2D eigenvalue weighted by Crippen LogP contribution is -2.32. The van der Waals surface area contributed by atoms with Gasteiger partial charge in [0, 0.05) is 11.1 Å². The van der Waals surface area contributed by atoms with Crippen LogP contribution in [0.15, 0.2) is 48.5 Å². The molecule has 2 atom stereocenters. The Morgan fingerprint density at radius 3 is 2.14 bits per heavy atom. The minimum absolute atomic E-state index is 0.0370. The van der Waals surface area contributed by atoms with Gasteiger partial charge in [-0.2, -0.15) is 0 Å². The minimum Gasteiger partial charge on any atom is -0.478 e. The van der Waals surface area contributed by atoms with Crippen molar-refractivity contribution in [2.75, 3.05) is 0 Å². The van der Waals surface area contributed by atoms with Crippen molar-refractivity contribution in [1.29, 1.82) is 0 Å². The van der Waals surface area contributed by atoms with Crippen LogP contribution in [0.25, 0.3) is 11.3 Å². The third kappa shape index (κ3) is 3.84. The van der Waals surface area contributed by atoms with Crippen LogP contribution in [0.5, 0.6) is 0 Å². The second-order valence-corrected chi connectivity index (χ2v) is 7.95. The molecule has 1 heterocycles. The van der Waals surface area contributed by atoms with Crippen molar-refractivity contribution >= 4 is 34.0 Å². The van der Waals surface area contributed by atoms with E-state index in [1.165, 1.54) is 6.92 Å². The van der Waals surface area contributed by atoms with Crippen LogP contribution in [0.2, 0.25) is 0 Å². The summed E-state index contributed by atoms with van der Waals surface area (Å²) in [5, 5.41) is 0. The average molecular weight is 398 g/mol. The number of ether oxygens (including phenoxy) is 1. The van der Waals surface area contributed by atoms with Gasteiger partial charge in [0.25, 0.3) is 0 Å². The smallest absolute Gasteiger partial charge is 0.210 e. The van der Waals surface area contributed by atoms with Crippen molar-refractivity contribution in [3.05, 3.63) is 70.8 Å². The van der Waals surface area contributed by atoms with Crippen LogP contribution in [-0.2, 0) is 26.4 Å². The Morgan fingerprint density at radius 2 is 1.64 bits per heavy atom. The highest BCUT2D eigenvalue weighted by Gasteiger charge is 2.45. The molecule has 2 unspecified atom stereocenters. The summed E-state index contributed by atoms with van der Waals surface area (Å²) >= 11 is -1.91. The third-order valence-corrected chi connectivity index (χ3v) is 5.60. The molecule has 2 aromatic carbocycles. The molecule has 2 aromatic rings. The maximum atomic E-state index is 13.2. The van der Waals surface area contributed by atoms with Gasteiger partial charge in [-0.25, -0.2) is 4.21 Å². The standard InChI is InChI=1S/C22H22O5S/c1-4-22(3)21(24)19(17-11-9-16(10-12-17)14(2)23)20(27-22)18-7-5-15(6-8-18)13-28(25)26/h5-12H,4,13H2,1-3H3,(H,25,26). The van der Waals surface area contributed by atoms with E-state index in [-0.39, 0.29) is 17.3 Å². The molecule has 1 aliphatic rings. The van der Waals surface area contributed by atoms with Crippen molar-refractivity contribution in [1.82, 2.24) is 0 Å². The fourth-order valence-electron chi connectivity index (χ4n) is 3.15. The summed E-state index contributed by atoms with van der Waals surface area (Å²) in [6.45, 7) is 5.17. The number of rotatable bonds is 6. The van der Waals surface area contributed by atoms with Crippen molar-refractivity contribution in [2.24, 2.45) is 0 Å². The van der Waals surface area contributed by atoms with Gasteiger partial charge >= 0.3 is 0 Å². The molecule has 28 heavy (non-hydrogen) atoms. The van der Waals surface area contributed by atoms with Crippen molar-refractivity contribution in [3.8, 4) is 0 Å². The number of hydrogen-bond donors (Lipinski definition) is 1. The Kier molecular flexibility index (Phi) is 5.63. The van der Waals surface area contributed by atoms with E-state index in [9.17, 15) is 13.8 Å². The number of hydrogen-bond acceptors (Lipinski definition) is 4. The summed E-state index contributed by atoms with van der Waals surface area (Å²) in [7, 11) is 0. The van der Waals surface area contributed by atoms with Crippen molar-refractivity contribution in [3.63, 3.8) is 0 Å². The number of carbonyl (C=O) groups excluding carboxylic acids is 2. The van der Waals surface area contributed by atoms with Gasteiger partial charge in [0.2, 0.25) is 5.78 Å². The summed E-state index contributed by atoms with van der Waals surface area (Å²) in [5.41, 5.74) is 2.26. The topological polar surface area (TPSA) is 80.7 Å². The Hall–Kier alpha value is -2.57. The average Bonchev–Trinajstić information content (AvgIpc) is 2.94. The van der Waals surface area contributed by atoms with Gasteiger partial charge in [0.1, 0.15) is 5.76 Å². The molecule has 146 valence electrons. The second kappa shape index (κ2) is 7.81. The van der Waals surface area contributed by atoms with Crippen LogP contribution >= 0.6 is 0 Å². The molecule has 0 saturated carbocycles. The summed E-state index contributed by atoms with van der Waals surface area (Å²) in [6, 6.07) is 14.0. The Balaban J connectivity index is 2.08. The van der Waals surface area contributed by atoms with E-state index in [2.05, 4.69) is 0 Å². The molecule has 0 spiro atoms. The van der Waals surface area contributed by atoms with Crippen LogP contribution < -0.4 is 0 Å². The van der Waals surface area contributed by atoms with Crippen LogP contribution in [0.1, 0.15) is 54.2 Å². The van der Waals surface area contributed by atoms with Crippen LogP contribution in [0.3, 0.4) is 0 Å². The number of Topliss-reactive ketones (excluding diaryl/α,β-unsaturated/α-hetero) is 2. The summed E-state index contributed by atoms with van der Waals surface area (Å²) < 4.78 is 26.2. The van der Waals surface area contributed by atoms with Crippen molar-refractivity contribution < 1.29 is 23.1 Å². The molecule has 0 aromatic heterocycles. The molecule has 0 saturated heterocycles. The monoisotopic (exact) mass is 398 g/mol. The first-order valence-corrected chi connectivity index (χ1v) is 10.3. The van der Waals surface area contributed by atoms with Gasteiger partial charge in [-0.15, -0.1) is 0 Å². The largest absolute Gasteiger partial charge is 0.478 e. The minimum atomic E-state index is -1.91. The highest BCUT2D eigenvalue weighted by Crippen LogP contribution is 2.42. The Labute approximate surface area is 166 Å². The SMILES string of the molecule is CCC1(C)OC(c2ccc(CS(=O)O)cc2)=C(c2ccc(C(C)=O)cc2)C1=O. The molecule has 1 aliphatic heterocycles. The lowest BCUT2D eigenvalue weighted by molar-refractivity contribution is -0.126. The lowest BCUT2D eigenvalue weighted by atomic mass is 9.89. The molecular formula is C22H22O5S. The van der Waals surface area contributed by atoms with E-state index in [0.717, 1.165) is 11.1 Å². The van der Waals surface area contributed by atoms with Gasteiger partial charge in [0.05, 0.1) is 11.3 Å². The molecular weight excluding hydrogens is 376 g/mol. The summed E-state index contributed by atoms with van der Waals surface area (Å²) in [4.78, 5) is 24.7. The van der Waals surface area contributed by atoms with Crippen LogP contribution in [-0.4, -0.2) is 25.9 Å². The number of benzene rings is 2. The molecule has 0 bridgehead atoms. The van der Waals surface area contributed by atoms with Gasteiger partial charge in [-0.1, -0.05) is 55.5 Å². The molecule has 0 fully saturated rings. The van der Waals surface area contributed by atoms with Gasteiger partial charge in [-0.05, 0) is 31.4 Å². The third-order valence-electron chi connectivity index (χ3n) is 5.02. The molecule has 0 aliphatic carbocycles. The van der Waals surface area contributed by atoms with E-state index >= 15 is 0 Å². The molecule has 0 amide bonds. The quantitative estimate of drug-likeness (QED) is 0.581. The Morgan fingerprint density at radius 1 is 1.07 bits per heavy atom. The van der Waals surface area contributed by atoms with Crippen molar-refractivity contribution in [2.45, 2.75) is 38.5 Å². The van der Waals surface area contributed by atoms with Crippen LogP contribution in [0, 0.1) is 0 Å². The zero-order valence-electron chi connectivity index (χ0n) is 16.0. The van der Waals surface area contributed by atoms with Gasteiger partial charge in [0.15, 0.2) is 22.5 Å². The zero-order chi connectivity index (χ0) is 20.5. The fourth-order valence-corrected chi connectivity index (χ4v) is 3.63. The predicted molar refractivity (Wildman–Crippen MR) is 109 cm³/mol. The maximum absolute atomic E-state index is 13.2. The molecule has 5 nitrogen and oxygen atoms in total. The maximum Gasteiger partial charge on any atom is 0.210 e. The van der Waals surface area contributed by atoms with Gasteiger partial charge < -0.3 is 9.29 Å². The molecule has 6 heteroatoms. The normalized spacial score (nSPS) is 20.2. The Bertz CT molecular complexity index is 973. The zero-order valence-corrected chi connectivity index (χ0v) is 16.8. The van der Waals surface area contributed by atoms with E-state index in [0.29, 0.717) is 28.9 Å². The lowest BCUT2D eigenvalue weighted by Gasteiger charge is -2.21. The molecule has 0 radical (unpaired) electrons. The number of ketones is 2. The first-order chi connectivity index (χ1) is 13.2. The highest BCUT2D eigenvalue weighted by atomic mass is 32.2. The first-order valence-electron chi connectivity index (χ1n) is 9.01. The van der Waals surface area contributed by atoms with E-state index < -0.39 is 16.7 Å². The molecule has 1 N–H and O–H groups in total. The summed E-state index contributed by atoms with van der Waals surface area (Å²) in [5.74, 6) is 0.401. The van der Waals surface area contributed by atoms with E-state index in [1.807, 2.05) is 6.92 Å². The number of carbonyl (C=O) groups is 2. The van der Waals surface area contributed by atoms with E-state index in [4.69, 9.17) is 9.29 Å². The van der Waals surface area contributed by atoms with Crippen LogP contribution in [0.4, 0.5) is 0 Å². The van der Waals surface area contributed by atoms with Gasteiger partial charge in [-0.3, -0.25) is 9.59 Å². The summed E-state index contributed by atoms with van der Waals surface area (Å²) in [6.07, 6.45) is 0.520. The van der Waals surface area contributed by atoms with E-state index in [1.54, 1.807) is 55.5 Å². The predicted octanol–water partition coefficient (Wildman–Crippen LogP) is 4.25. The second-order valence-electron chi connectivity index (χ2n) is 7.02. The molecule has 3 rings (SSSR count). The first kappa shape index (κ1) is 20.2. The fraction of sp³-hybridized carbons (Fsp3) is 0.273.